The van der Waals surface area contributed by atoms with Crippen LogP contribution in [0.1, 0.15) is 72.8 Å². The first-order chi connectivity index (χ1) is 14.7. The van der Waals surface area contributed by atoms with Gasteiger partial charge in [-0.2, -0.15) is 0 Å². The maximum atomic E-state index is 13.8. The molecule has 3 rings (SSSR count). The lowest BCUT2D eigenvalue weighted by molar-refractivity contribution is -0.247. The fourth-order valence-electron chi connectivity index (χ4n) is 5.14. The monoisotopic (exact) mass is 460 g/mol. The number of hydrogen-bond donors (Lipinski definition) is 0. The summed E-state index contributed by atoms with van der Waals surface area (Å²) in [6.07, 6.45) is 4.28. The number of ether oxygens (including phenoxy) is 2. The lowest BCUT2D eigenvalue weighted by atomic mass is 9.58. The van der Waals surface area contributed by atoms with Gasteiger partial charge in [-0.25, -0.2) is 0 Å². The summed E-state index contributed by atoms with van der Waals surface area (Å²) in [5.41, 5.74) is 0.269. The van der Waals surface area contributed by atoms with E-state index in [1.807, 2.05) is 13.8 Å². The summed E-state index contributed by atoms with van der Waals surface area (Å²) in [5, 5.41) is 0.151. The van der Waals surface area contributed by atoms with Crippen molar-refractivity contribution in [3.05, 3.63) is 35.9 Å². The van der Waals surface area contributed by atoms with E-state index >= 15 is 0 Å². The molecule has 5 heteroatoms. The molecule has 180 valence electrons. The predicted molar refractivity (Wildman–Crippen MR) is 132 cm³/mol. The zero-order valence-corrected chi connectivity index (χ0v) is 22.5. The average molecular weight is 461 g/mol. The molecule has 0 N–H and O–H groups in total. The van der Waals surface area contributed by atoms with Gasteiger partial charge in [-0.15, -0.1) is 0 Å². The maximum Gasteiger partial charge on any atom is 0.192 e. The molecule has 0 amide bonds. The second-order valence-corrected chi connectivity index (χ2v) is 16.9. The molecule has 1 aromatic rings. The second-order valence-electron chi connectivity index (χ2n) is 12.2. The first-order valence-corrected chi connectivity index (χ1v) is 15.2. The molecule has 4 nitrogen and oxygen atoms in total. The minimum atomic E-state index is -1.93. The summed E-state index contributed by atoms with van der Waals surface area (Å²) < 4.78 is 18.9. The summed E-state index contributed by atoms with van der Waals surface area (Å²) in [4.78, 5) is 13.8. The average Bonchev–Trinajstić information content (AvgIpc) is 3.19. The first kappa shape index (κ1) is 25.6. The van der Waals surface area contributed by atoms with Crippen molar-refractivity contribution in [3.8, 4) is 0 Å². The number of Topliss-reactive ketones (excluding diaryl/α,β-unsaturated/α-hetero) is 1. The van der Waals surface area contributed by atoms with Gasteiger partial charge in [-0.05, 0) is 63.2 Å². The Morgan fingerprint density at radius 1 is 1.03 bits per heavy atom. The van der Waals surface area contributed by atoms with E-state index in [9.17, 15) is 4.79 Å². The fraction of sp³-hybridized carbons (Fsp3) is 0.741. The fourth-order valence-corrected chi connectivity index (χ4v) is 6.53. The highest BCUT2D eigenvalue weighted by Crippen LogP contribution is 2.54. The topological polar surface area (TPSA) is 44.8 Å². The summed E-state index contributed by atoms with van der Waals surface area (Å²) >= 11 is 0. The van der Waals surface area contributed by atoms with Crippen molar-refractivity contribution < 1.29 is 18.7 Å². The van der Waals surface area contributed by atoms with Crippen LogP contribution < -0.4 is 0 Å². The molecule has 1 heterocycles. The zero-order chi connectivity index (χ0) is 23.8. The lowest BCUT2D eigenvalue weighted by Gasteiger charge is -2.51. The van der Waals surface area contributed by atoms with Crippen LogP contribution in [0.4, 0.5) is 0 Å². The Morgan fingerprint density at radius 2 is 1.62 bits per heavy atom. The van der Waals surface area contributed by atoms with Gasteiger partial charge in [0, 0.05) is 17.9 Å². The standard InChI is InChI=1S/C27H44O4Si/c1-24(2,3)32(7,8)31-22(20-21-12-10-9-11-13-21)14-15-26(6)16-17-27(29-18-19-30-27)25(4,5)23(26)28/h9-13,22H,14-20H2,1-8H3. The van der Waals surface area contributed by atoms with Crippen molar-refractivity contribution in [2.24, 2.45) is 10.8 Å². The highest BCUT2D eigenvalue weighted by molar-refractivity contribution is 6.74. The van der Waals surface area contributed by atoms with Crippen LogP contribution in [0, 0.1) is 10.8 Å². The third-order valence-electron chi connectivity index (χ3n) is 8.42. The van der Waals surface area contributed by atoms with E-state index in [4.69, 9.17) is 13.9 Å². The molecular weight excluding hydrogens is 416 g/mol. The highest BCUT2D eigenvalue weighted by Gasteiger charge is 2.61. The van der Waals surface area contributed by atoms with Crippen LogP contribution in [0.15, 0.2) is 30.3 Å². The van der Waals surface area contributed by atoms with Crippen LogP contribution in [0.3, 0.4) is 0 Å². The van der Waals surface area contributed by atoms with Crippen molar-refractivity contribution in [1.29, 1.82) is 0 Å². The quantitative estimate of drug-likeness (QED) is 0.433. The third kappa shape index (κ3) is 4.91. The Balaban J connectivity index is 1.76. The van der Waals surface area contributed by atoms with Crippen LogP contribution in [0.2, 0.25) is 18.1 Å². The minimum Gasteiger partial charge on any atom is -0.414 e. The summed E-state index contributed by atoms with van der Waals surface area (Å²) in [7, 11) is -1.93. The summed E-state index contributed by atoms with van der Waals surface area (Å²) in [6, 6.07) is 10.6. The molecule has 32 heavy (non-hydrogen) atoms. The highest BCUT2D eigenvalue weighted by atomic mass is 28.4. The molecule has 1 saturated carbocycles. The maximum absolute atomic E-state index is 13.8. The van der Waals surface area contributed by atoms with Crippen molar-refractivity contribution in [2.75, 3.05) is 13.2 Å². The second kappa shape index (κ2) is 8.97. The summed E-state index contributed by atoms with van der Waals surface area (Å²) in [6.45, 7) is 18.8. The number of rotatable bonds is 7. The molecule has 0 bridgehead atoms. The van der Waals surface area contributed by atoms with Gasteiger partial charge in [0.25, 0.3) is 0 Å². The predicted octanol–water partition coefficient (Wildman–Crippen LogP) is 6.54. The van der Waals surface area contributed by atoms with Gasteiger partial charge in [-0.3, -0.25) is 4.79 Å². The first-order valence-electron chi connectivity index (χ1n) is 12.3. The molecule has 0 radical (unpaired) electrons. The molecule has 1 aliphatic heterocycles. The van der Waals surface area contributed by atoms with Crippen molar-refractivity contribution >= 4 is 14.1 Å². The van der Waals surface area contributed by atoms with E-state index in [-0.39, 0.29) is 22.3 Å². The van der Waals surface area contributed by atoms with Crippen molar-refractivity contribution in [3.63, 3.8) is 0 Å². The third-order valence-corrected chi connectivity index (χ3v) is 13.0. The SMILES string of the molecule is CC1(CCC(Cc2ccccc2)O[Si](C)(C)C(C)(C)C)CCC2(OCCO2)C(C)(C)C1=O. The van der Waals surface area contributed by atoms with Crippen LogP contribution >= 0.6 is 0 Å². The van der Waals surface area contributed by atoms with Crippen molar-refractivity contribution in [1.82, 2.24) is 0 Å². The molecule has 2 unspecified atom stereocenters. The van der Waals surface area contributed by atoms with Crippen molar-refractivity contribution in [2.45, 2.75) is 104 Å². The van der Waals surface area contributed by atoms with Crippen LogP contribution in [0.25, 0.3) is 0 Å². The van der Waals surface area contributed by atoms with Crippen LogP contribution in [-0.2, 0) is 25.1 Å². The molecule has 1 aromatic carbocycles. The van der Waals surface area contributed by atoms with Crippen LogP contribution in [-0.4, -0.2) is 39.2 Å². The van der Waals surface area contributed by atoms with E-state index in [0.29, 0.717) is 13.2 Å². The van der Waals surface area contributed by atoms with Gasteiger partial charge in [0.15, 0.2) is 14.1 Å². The Labute approximate surface area is 196 Å². The van der Waals surface area contributed by atoms with Gasteiger partial charge < -0.3 is 13.9 Å². The van der Waals surface area contributed by atoms with E-state index in [2.05, 4.69) is 71.1 Å². The molecule has 2 atom stereocenters. The molecule has 1 aliphatic carbocycles. The van der Waals surface area contributed by atoms with Gasteiger partial charge >= 0.3 is 0 Å². The normalized spacial score (nSPS) is 26.4. The minimum absolute atomic E-state index is 0.112. The Morgan fingerprint density at radius 3 is 2.19 bits per heavy atom. The Hall–Kier alpha value is -1.01. The van der Waals surface area contributed by atoms with E-state index < -0.39 is 19.5 Å². The van der Waals surface area contributed by atoms with Gasteiger partial charge in [0.1, 0.15) is 5.78 Å². The number of ketones is 1. The number of benzene rings is 1. The summed E-state index contributed by atoms with van der Waals surface area (Å²) in [5.74, 6) is -0.478. The molecule has 0 aromatic heterocycles. The molecular formula is C27H44O4Si. The Kier molecular flexibility index (Phi) is 7.18. The number of carbonyl (C=O) groups excluding carboxylic acids is 1. The number of carbonyl (C=O) groups is 1. The largest absolute Gasteiger partial charge is 0.414 e. The van der Waals surface area contributed by atoms with Gasteiger partial charge in [0.2, 0.25) is 0 Å². The van der Waals surface area contributed by atoms with E-state index in [1.54, 1.807) is 0 Å². The number of hydrogen-bond acceptors (Lipinski definition) is 4. The lowest BCUT2D eigenvalue weighted by Crippen LogP contribution is -2.59. The molecule has 2 aliphatic rings. The zero-order valence-electron chi connectivity index (χ0n) is 21.5. The molecule has 2 fully saturated rings. The van der Waals surface area contributed by atoms with Gasteiger partial charge in [-0.1, -0.05) is 58.0 Å². The van der Waals surface area contributed by atoms with E-state index in [1.165, 1.54) is 5.56 Å². The van der Waals surface area contributed by atoms with Crippen LogP contribution in [0.5, 0.6) is 0 Å². The Bertz CT molecular complexity index is 790. The smallest absolute Gasteiger partial charge is 0.192 e. The molecule has 1 spiro atoms. The van der Waals surface area contributed by atoms with E-state index in [0.717, 1.165) is 32.1 Å². The molecule has 1 saturated heterocycles. The van der Waals surface area contributed by atoms with Gasteiger partial charge in [0.05, 0.1) is 18.6 Å².